The van der Waals surface area contributed by atoms with E-state index in [1.807, 2.05) is 6.92 Å². The van der Waals surface area contributed by atoms with E-state index in [9.17, 15) is 18.4 Å². The molecule has 4 N–H and O–H groups in total. The van der Waals surface area contributed by atoms with E-state index in [-0.39, 0.29) is 18.1 Å². The van der Waals surface area contributed by atoms with Gasteiger partial charge in [-0.05, 0) is 68.8 Å². The van der Waals surface area contributed by atoms with E-state index in [2.05, 4.69) is 36.1 Å². The highest BCUT2D eigenvalue weighted by molar-refractivity contribution is 5.99. The molecule has 0 spiro atoms. The van der Waals surface area contributed by atoms with E-state index < -0.39 is 17.7 Å². The number of aromatic nitrogens is 2. The van der Waals surface area contributed by atoms with E-state index in [1.54, 1.807) is 18.2 Å². The highest BCUT2D eigenvalue weighted by atomic mass is 19.1. The van der Waals surface area contributed by atoms with Gasteiger partial charge in [-0.15, -0.1) is 0 Å². The number of halogens is 2. The lowest BCUT2D eigenvalue weighted by Gasteiger charge is -2.26. The van der Waals surface area contributed by atoms with Gasteiger partial charge in [0.1, 0.15) is 17.5 Å². The van der Waals surface area contributed by atoms with Crippen molar-refractivity contribution in [3.8, 4) is 11.3 Å². The standard InChI is InChI=1S/C28H33F2N7O2/c1-2-32-26-22(27(38)33-10-13-37-11-4-3-5-12-37)7-9-24(35-26)20-6-8-25(23(30)15-20)36-28(39)34-17-19-14-21(29)18-31-16-19/h6-9,14-16,18H,2-5,10-13,17H2,1H3,(H,32,35)(H,33,38)(H2,34,36,39). The summed E-state index contributed by atoms with van der Waals surface area (Å²) in [5.41, 5.74) is 1.83. The Morgan fingerprint density at radius 3 is 2.56 bits per heavy atom. The molecule has 0 radical (unpaired) electrons. The Morgan fingerprint density at radius 1 is 1.00 bits per heavy atom. The number of benzene rings is 1. The molecule has 4 rings (SSSR count). The number of carbonyl (C=O) groups is 2. The van der Waals surface area contributed by atoms with E-state index in [0.29, 0.717) is 41.3 Å². The summed E-state index contributed by atoms with van der Waals surface area (Å²) in [4.78, 5) is 35.7. The topological polar surface area (TPSA) is 111 Å². The van der Waals surface area contributed by atoms with E-state index in [4.69, 9.17) is 0 Å². The Labute approximate surface area is 226 Å². The van der Waals surface area contributed by atoms with Gasteiger partial charge in [0.2, 0.25) is 0 Å². The minimum atomic E-state index is -0.651. The first-order chi connectivity index (χ1) is 18.9. The highest BCUT2D eigenvalue weighted by Crippen LogP contribution is 2.26. The third kappa shape index (κ3) is 7.93. The third-order valence-corrected chi connectivity index (χ3v) is 6.37. The third-order valence-electron chi connectivity index (χ3n) is 6.37. The summed E-state index contributed by atoms with van der Waals surface area (Å²) in [5.74, 6) is -0.961. The van der Waals surface area contributed by atoms with Crippen molar-refractivity contribution in [2.24, 2.45) is 0 Å². The molecular weight excluding hydrogens is 504 g/mol. The summed E-state index contributed by atoms with van der Waals surface area (Å²) in [5, 5.41) is 11.1. The van der Waals surface area contributed by atoms with Crippen molar-refractivity contribution in [3.63, 3.8) is 0 Å². The van der Waals surface area contributed by atoms with Gasteiger partial charge in [0, 0.05) is 37.9 Å². The zero-order chi connectivity index (χ0) is 27.6. The summed E-state index contributed by atoms with van der Waals surface area (Å²) in [6.45, 7) is 6.00. The number of hydrogen-bond acceptors (Lipinski definition) is 6. The predicted octanol–water partition coefficient (Wildman–Crippen LogP) is 4.39. The number of piperidine rings is 1. The zero-order valence-electron chi connectivity index (χ0n) is 21.9. The van der Waals surface area contributed by atoms with Gasteiger partial charge < -0.3 is 26.2 Å². The van der Waals surface area contributed by atoms with Gasteiger partial charge in [0.25, 0.3) is 5.91 Å². The Bertz CT molecular complexity index is 1300. The number of amides is 3. The SMILES string of the molecule is CCNc1nc(-c2ccc(NC(=O)NCc3cncc(F)c3)c(F)c2)ccc1C(=O)NCCN1CCCCC1. The van der Waals surface area contributed by atoms with E-state index >= 15 is 0 Å². The molecule has 39 heavy (non-hydrogen) atoms. The molecule has 1 aliphatic rings. The van der Waals surface area contributed by atoms with Gasteiger partial charge in [-0.1, -0.05) is 12.5 Å². The van der Waals surface area contributed by atoms with Gasteiger partial charge in [0.05, 0.1) is 23.1 Å². The van der Waals surface area contributed by atoms with Crippen molar-refractivity contribution in [1.29, 1.82) is 0 Å². The molecule has 1 aliphatic heterocycles. The fourth-order valence-corrected chi connectivity index (χ4v) is 4.39. The first kappa shape index (κ1) is 27.9. The molecule has 206 valence electrons. The van der Waals surface area contributed by atoms with Gasteiger partial charge in [-0.3, -0.25) is 9.78 Å². The van der Waals surface area contributed by atoms with Crippen molar-refractivity contribution >= 4 is 23.4 Å². The average Bonchev–Trinajstić information content (AvgIpc) is 2.94. The molecule has 1 fully saturated rings. The molecule has 0 atom stereocenters. The second-order valence-electron chi connectivity index (χ2n) is 9.29. The van der Waals surface area contributed by atoms with Crippen LogP contribution in [-0.2, 0) is 6.54 Å². The lowest BCUT2D eigenvalue weighted by atomic mass is 10.1. The van der Waals surface area contributed by atoms with Crippen LogP contribution in [0, 0.1) is 11.6 Å². The van der Waals surface area contributed by atoms with Crippen LogP contribution in [-0.4, -0.2) is 59.5 Å². The first-order valence-electron chi connectivity index (χ1n) is 13.1. The lowest BCUT2D eigenvalue weighted by Crippen LogP contribution is -2.37. The van der Waals surface area contributed by atoms with Crippen molar-refractivity contribution in [2.75, 3.05) is 43.4 Å². The van der Waals surface area contributed by atoms with Crippen molar-refractivity contribution < 1.29 is 18.4 Å². The first-order valence-corrected chi connectivity index (χ1v) is 13.1. The van der Waals surface area contributed by atoms with Crippen LogP contribution in [0.2, 0.25) is 0 Å². The van der Waals surface area contributed by atoms with Crippen molar-refractivity contribution in [2.45, 2.75) is 32.7 Å². The van der Waals surface area contributed by atoms with Crippen LogP contribution in [0.15, 0.2) is 48.8 Å². The molecule has 9 nitrogen and oxygen atoms in total. The normalized spacial score (nSPS) is 13.5. The predicted molar refractivity (Wildman–Crippen MR) is 146 cm³/mol. The molecule has 1 aromatic carbocycles. The smallest absolute Gasteiger partial charge is 0.319 e. The van der Waals surface area contributed by atoms with Crippen LogP contribution < -0.4 is 21.3 Å². The van der Waals surface area contributed by atoms with Gasteiger partial charge >= 0.3 is 6.03 Å². The van der Waals surface area contributed by atoms with Crippen LogP contribution in [0.25, 0.3) is 11.3 Å². The highest BCUT2D eigenvalue weighted by Gasteiger charge is 2.16. The maximum absolute atomic E-state index is 14.8. The van der Waals surface area contributed by atoms with Crippen molar-refractivity contribution in [3.05, 3.63) is 71.6 Å². The summed E-state index contributed by atoms with van der Waals surface area (Å²) < 4.78 is 28.1. The maximum atomic E-state index is 14.8. The number of rotatable bonds is 10. The minimum absolute atomic E-state index is 0.0229. The number of carbonyl (C=O) groups excluding carboxylic acids is 2. The molecule has 0 aliphatic carbocycles. The number of anilines is 2. The molecular formula is C28H33F2N7O2. The molecule has 0 saturated carbocycles. The van der Waals surface area contributed by atoms with Crippen LogP contribution in [0.1, 0.15) is 42.1 Å². The maximum Gasteiger partial charge on any atom is 0.319 e. The summed E-state index contributed by atoms with van der Waals surface area (Å²) in [7, 11) is 0. The number of pyridine rings is 2. The molecule has 2 aromatic heterocycles. The summed E-state index contributed by atoms with van der Waals surface area (Å²) in [6, 6.07) is 8.28. The summed E-state index contributed by atoms with van der Waals surface area (Å²) in [6.07, 6.45) is 6.15. The Balaban J connectivity index is 1.38. The molecule has 3 amide bonds. The van der Waals surface area contributed by atoms with E-state index in [1.165, 1.54) is 43.7 Å². The molecule has 11 heteroatoms. The quantitative estimate of drug-likeness (QED) is 0.305. The Hall–Kier alpha value is -4.12. The fraction of sp³-hybridized carbons (Fsp3) is 0.357. The Kier molecular flexibility index (Phi) is 9.74. The molecule has 0 unspecified atom stereocenters. The number of hydrogen-bond donors (Lipinski definition) is 4. The van der Waals surface area contributed by atoms with Gasteiger partial charge in [-0.2, -0.15) is 0 Å². The molecule has 0 bridgehead atoms. The van der Waals surface area contributed by atoms with Crippen LogP contribution >= 0.6 is 0 Å². The van der Waals surface area contributed by atoms with E-state index in [0.717, 1.165) is 25.8 Å². The van der Waals surface area contributed by atoms with Crippen molar-refractivity contribution in [1.82, 2.24) is 25.5 Å². The molecule has 1 saturated heterocycles. The molecule has 3 aromatic rings. The monoisotopic (exact) mass is 537 g/mol. The summed E-state index contributed by atoms with van der Waals surface area (Å²) >= 11 is 0. The molecule has 3 heterocycles. The average molecular weight is 538 g/mol. The number of likely N-dealkylation sites (tertiary alicyclic amines) is 1. The number of nitrogens with zero attached hydrogens (tertiary/aromatic N) is 3. The zero-order valence-corrected chi connectivity index (χ0v) is 21.9. The van der Waals surface area contributed by atoms with Gasteiger partial charge in [-0.25, -0.2) is 18.6 Å². The fourth-order valence-electron chi connectivity index (χ4n) is 4.39. The lowest BCUT2D eigenvalue weighted by molar-refractivity contribution is 0.0947. The number of urea groups is 1. The second kappa shape index (κ2) is 13.6. The van der Waals surface area contributed by atoms with Crippen LogP contribution in [0.3, 0.4) is 0 Å². The Morgan fingerprint density at radius 2 is 1.82 bits per heavy atom. The largest absolute Gasteiger partial charge is 0.370 e. The van der Waals surface area contributed by atoms with Crippen LogP contribution in [0.5, 0.6) is 0 Å². The van der Waals surface area contributed by atoms with Crippen LogP contribution in [0.4, 0.5) is 25.1 Å². The minimum Gasteiger partial charge on any atom is -0.370 e. The second-order valence-corrected chi connectivity index (χ2v) is 9.29. The number of nitrogens with one attached hydrogen (secondary N) is 4. The van der Waals surface area contributed by atoms with Gasteiger partial charge in [0.15, 0.2) is 0 Å².